The maximum atomic E-state index is 11.6. The van der Waals surface area contributed by atoms with E-state index in [2.05, 4.69) is 0 Å². The molecule has 1 unspecified atom stereocenters. The molecule has 1 aromatic carbocycles. The molecule has 2 rings (SSSR count). The van der Waals surface area contributed by atoms with Gasteiger partial charge in [0.25, 0.3) is 0 Å². The summed E-state index contributed by atoms with van der Waals surface area (Å²) in [5.74, 6) is -0.0151. The first kappa shape index (κ1) is 10.9. The van der Waals surface area contributed by atoms with Crippen LogP contribution in [0.1, 0.15) is 12.0 Å². The molecule has 1 aromatic rings. The van der Waals surface area contributed by atoms with Gasteiger partial charge < -0.3 is 10.6 Å². The second-order valence-corrected chi connectivity index (χ2v) is 4.15. The van der Waals surface area contributed by atoms with Crippen molar-refractivity contribution in [3.63, 3.8) is 0 Å². The summed E-state index contributed by atoms with van der Waals surface area (Å²) >= 11 is 5.82. The van der Waals surface area contributed by atoms with Gasteiger partial charge in [-0.2, -0.15) is 5.26 Å². The number of carbonyl (C=O) groups is 1. The average Bonchev–Trinajstić information content (AvgIpc) is 2.59. The summed E-state index contributed by atoms with van der Waals surface area (Å²) in [6, 6.07) is 6.80. The van der Waals surface area contributed by atoms with Crippen LogP contribution >= 0.6 is 11.6 Å². The second-order valence-electron chi connectivity index (χ2n) is 3.74. The van der Waals surface area contributed by atoms with Crippen molar-refractivity contribution < 1.29 is 4.79 Å². The van der Waals surface area contributed by atoms with E-state index in [0.717, 1.165) is 0 Å². The van der Waals surface area contributed by atoms with Gasteiger partial charge >= 0.3 is 0 Å². The van der Waals surface area contributed by atoms with E-state index in [1.54, 1.807) is 23.1 Å². The summed E-state index contributed by atoms with van der Waals surface area (Å²) < 4.78 is 0. The first-order valence-electron chi connectivity index (χ1n) is 4.87. The fourth-order valence-corrected chi connectivity index (χ4v) is 1.91. The van der Waals surface area contributed by atoms with Crippen molar-refractivity contribution in [2.75, 3.05) is 11.4 Å². The van der Waals surface area contributed by atoms with Gasteiger partial charge in [0.1, 0.15) is 6.07 Å². The Balaban J connectivity index is 2.35. The first-order chi connectivity index (χ1) is 7.61. The number of carbonyl (C=O) groups excluding carboxylic acids is 1. The van der Waals surface area contributed by atoms with Crippen molar-refractivity contribution in [1.82, 2.24) is 0 Å². The number of amides is 1. The largest absolute Gasteiger partial charge is 0.326 e. The Hall–Kier alpha value is -1.57. The lowest BCUT2D eigenvalue weighted by Crippen LogP contribution is -2.27. The molecular formula is C11H10ClN3O. The summed E-state index contributed by atoms with van der Waals surface area (Å²) in [5.41, 5.74) is 6.75. The van der Waals surface area contributed by atoms with Crippen molar-refractivity contribution in [1.29, 1.82) is 5.26 Å². The maximum absolute atomic E-state index is 11.6. The molecule has 1 aliphatic heterocycles. The molecule has 5 heteroatoms. The normalized spacial score (nSPS) is 19.9. The molecule has 2 N–H and O–H groups in total. The van der Waals surface area contributed by atoms with Gasteiger partial charge in [-0.15, -0.1) is 0 Å². The molecule has 1 fully saturated rings. The average molecular weight is 236 g/mol. The lowest BCUT2D eigenvalue weighted by Gasteiger charge is -2.16. The number of nitriles is 1. The summed E-state index contributed by atoms with van der Waals surface area (Å²) in [4.78, 5) is 13.2. The number of nitrogens with two attached hydrogens (primary N) is 1. The van der Waals surface area contributed by atoms with Gasteiger partial charge in [-0.05, 0) is 18.2 Å². The molecule has 0 aromatic heterocycles. The molecule has 1 amide bonds. The smallest absolute Gasteiger partial charge is 0.228 e. The van der Waals surface area contributed by atoms with E-state index >= 15 is 0 Å². The van der Waals surface area contributed by atoms with Crippen molar-refractivity contribution >= 4 is 23.2 Å². The highest BCUT2D eigenvalue weighted by Gasteiger charge is 2.28. The Bertz CT molecular complexity index is 481. The molecule has 16 heavy (non-hydrogen) atoms. The molecule has 82 valence electrons. The molecule has 0 bridgehead atoms. The molecule has 1 aliphatic rings. The van der Waals surface area contributed by atoms with Gasteiger partial charge in [0.2, 0.25) is 5.91 Å². The lowest BCUT2D eigenvalue weighted by molar-refractivity contribution is -0.117. The quantitative estimate of drug-likeness (QED) is 0.797. The SMILES string of the molecule is N#Cc1cc(N2CC(N)CC2=O)ccc1Cl. The predicted molar refractivity (Wildman–Crippen MR) is 61.1 cm³/mol. The molecule has 4 nitrogen and oxygen atoms in total. The van der Waals surface area contributed by atoms with E-state index in [1.807, 2.05) is 6.07 Å². The summed E-state index contributed by atoms with van der Waals surface area (Å²) in [6.45, 7) is 0.491. The summed E-state index contributed by atoms with van der Waals surface area (Å²) in [5, 5.41) is 9.23. The van der Waals surface area contributed by atoms with E-state index in [9.17, 15) is 4.79 Å². The highest BCUT2D eigenvalue weighted by Crippen LogP contribution is 2.25. The van der Waals surface area contributed by atoms with Gasteiger partial charge in [-0.25, -0.2) is 0 Å². The third-order valence-corrected chi connectivity index (χ3v) is 2.87. The number of anilines is 1. The maximum Gasteiger partial charge on any atom is 0.228 e. The Morgan fingerprint density at radius 3 is 2.88 bits per heavy atom. The van der Waals surface area contributed by atoms with Crippen LogP contribution in [0.2, 0.25) is 5.02 Å². The Morgan fingerprint density at radius 1 is 1.56 bits per heavy atom. The Kier molecular flexibility index (Phi) is 2.82. The molecule has 0 spiro atoms. The number of nitrogens with zero attached hydrogens (tertiary/aromatic N) is 2. The van der Waals surface area contributed by atoms with Gasteiger partial charge in [-0.3, -0.25) is 4.79 Å². The predicted octanol–water partition coefficient (Wildman–Crippen LogP) is 1.28. The fraction of sp³-hybridized carbons (Fsp3) is 0.273. The molecule has 0 saturated carbocycles. The minimum Gasteiger partial charge on any atom is -0.326 e. The van der Waals surface area contributed by atoms with Crippen molar-refractivity contribution in [2.24, 2.45) is 5.73 Å². The number of hydrogen-bond donors (Lipinski definition) is 1. The number of hydrogen-bond acceptors (Lipinski definition) is 3. The first-order valence-corrected chi connectivity index (χ1v) is 5.25. The molecule has 1 atom stereocenters. The third-order valence-electron chi connectivity index (χ3n) is 2.54. The molecule has 1 saturated heterocycles. The van der Waals surface area contributed by atoms with E-state index in [4.69, 9.17) is 22.6 Å². The zero-order chi connectivity index (χ0) is 11.7. The summed E-state index contributed by atoms with van der Waals surface area (Å²) in [7, 11) is 0. The minimum atomic E-state index is -0.131. The van der Waals surface area contributed by atoms with Crippen LogP contribution in [-0.4, -0.2) is 18.5 Å². The van der Waals surface area contributed by atoms with Gasteiger partial charge in [-0.1, -0.05) is 11.6 Å². The Labute approximate surface area is 98.2 Å². The zero-order valence-corrected chi connectivity index (χ0v) is 9.24. The second kappa shape index (κ2) is 4.12. The topological polar surface area (TPSA) is 70.1 Å². The van der Waals surface area contributed by atoms with Crippen LogP contribution in [0.15, 0.2) is 18.2 Å². The highest BCUT2D eigenvalue weighted by atomic mass is 35.5. The van der Waals surface area contributed by atoms with Crippen molar-refractivity contribution in [3.8, 4) is 6.07 Å². The summed E-state index contributed by atoms with van der Waals surface area (Å²) in [6.07, 6.45) is 0.352. The monoisotopic (exact) mass is 235 g/mol. The van der Waals surface area contributed by atoms with Crippen LogP contribution in [0, 0.1) is 11.3 Å². The van der Waals surface area contributed by atoms with Crippen molar-refractivity contribution in [3.05, 3.63) is 28.8 Å². The molecule has 0 aliphatic carbocycles. The van der Waals surface area contributed by atoms with Gasteiger partial charge in [0.15, 0.2) is 0 Å². The Morgan fingerprint density at radius 2 is 2.31 bits per heavy atom. The minimum absolute atomic E-state index is 0.0151. The molecule has 0 radical (unpaired) electrons. The van der Waals surface area contributed by atoms with E-state index in [0.29, 0.717) is 29.2 Å². The van der Waals surface area contributed by atoms with Crippen LogP contribution in [0.3, 0.4) is 0 Å². The molecule has 1 heterocycles. The van der Waals surface area contributed by atoms with Gasteiger partial charge in [0.05, 0.1) is 10.6 Å². The van der Waals surface area contributed by atoms with Crippen LogP contribution in [-0.2, 0) is 4.79 Å². The van der Waals surface area contributed by atoms with Gasteiger partial charge in [0, 0.05) is 24.7 Å². The zero-order valence-electron chi connectivity index (χ0n) is 8.48. The van der Waals surface area contributed by atoms with E-state index in [-0.39, 0.29) is 11.9 Å². The van der Waals surface area contributed by atoms with Crippen molar-refractivity contribution in [2.45, 2.75) is 12.5 Å². The van der Waals surface area contributed by atoms with Crippen LogP contribution in [0.25, 0.3) is 0 Å². The number of halogens is 1. The molecular weight excluding hydrogens is 226 g/mol. The van der Waals surface area contributed by atoms with Crippen LogP contribution < -0.4 is 10.6 Å². The third kappa shape index (κ3) is 1.87. The number of benzene rings is 1. The standard InChI is InChI=1S/C11H10ClN3O/c12-10-2-1-9(3-7(10)5-13)15-6-8(14)4-11(15)16/h1-3,8H,4,6,14H2. The fourth-order valence-electron chi connectivity index (χ4n) is 1.75. The van der Waals surface area contributed by atoms with Crippen LogP contribution in [0.4, 0.5) is 5.69 Å². The number of rotatable bonds is 1. The lowest BCUT2D eigenvalue weighted by atomic mass is 10.2. The van der Waals surface area contributed by atoms with E-state index < -0.39 is 0 Å². The van der Waals surface area contributed by atoms with Crippen LogP contribution in [0.5, 0.6) is 0 Å². The highest BCUT2D eigenvalue weighted by molar-refractivity contribution is 6.31. The van der Waals surface area contributed by atoms with E-state index in [1.165, 1.54) is 0 Å².